The lowest BCUT2D eigenvalue weighted by Crippen LogP contribution is -2.47. The number of carbonyl (C=O) groups is 2. The Morgan fingerprint density at radius 3 is 2.31 bits per heavy atom. The van der Waals surface area contributed by atoms with Gasteiger partial charge in [-0.15, -0.1) is 0 Å². The molecule has 2 aromatic rings. The van der Waals surface area contributed by atoms with Gasteiger partial charge in [-0.1, -0.05) is 29.8 Å². The Balaban J connectivity index is 1.94. The lowest BCUT2D eigenvalue weighted by atomic mass is 9.95. The van der Waals surface area contributed by atoms with Crippen molar-refractivity contribution in [2.75, 3.05) is 20.3 Å². The summed E-state index contributed by atoms with van der Waals surface area (Å²) < 4.78 is 16.2. The number of aryl methyl sites for hydroxylation is 1. The van der Waals surface area contributed by atoms with E-state index in [9.17, 15) is 9.59 Å². The number of urea groups is 1. The van der Waals surface area contributed by atoms with Crippen LogP contribution < -0.4 is 20.1 Å². The Morgan fingerprint density at radius 2 is 1.69 bits per heavy atom. The molecule has 1 aliphatic rings. The van der Waals surface area contributed by atoms with Crippen LogP contribution in [0.5, 0.6) is 11.5 Å². The van der Waals surface area contributed by atoms with Crippen LogP contribution in [0.2, 0.25) is 0 Å². The highest BCUT2D eigenvalue weighted by atomic mass is 16.5. The fourth-order valence-corrected chi connectivity index (χ4v) is 3.02. The van der Waals surface area contributed by atoms with Crippen molar-refractivity contribution < 1.29 is 23.8 Å². The zero-order valence-electron chi connectivity index (χ0n) is 16.7. The van der Waals surface area contributed by atoms with Crippen LogP contribution >= 0.6 is 0 Å². The first kappa shape index (κ1) is 20.3. The molecule has 0 saturated carbocycles. The van der Waals surface area contributed by atoms with Gasteiger partial charge in [0.15, 0.2) is 0 Å². The quantitative estimate of drug-likeness (QED) is 0.702. The number of methoxy groups -OCH3 is 1. The van der Waals surface area contributed by atoms with E-state index in [-0.39, 0.29) is 13.2 Å². The van der Waals surface area contributed by atoms with Crippen molar-refractivity contribution >= 4 is 12.0 Å². The van der Waals surface area contributed by atoms with E-state index in [1.165, 1.54) is 0 Å². The summed E-state index contributed by atoms with van der Waals surface area (Å²) in [6, 6.07) is 13.6. The molecule has 7 heteroatoms. The third-order valence-corrected chi connectivity index (χ3v) is 4.50. The molecule has 0 aliphatic carbocycles. The van der Waals surface area contributed by atoms with Gasteiger partial charge < -0.3 is 24.8 Å². The number of esters is 1. The second-order valence-corrected chi connectivity index (χ2v) is 6.52. The molecule has 152 valence electrons. The van der Waals surface area contributed by atoms with Gasteiger partial charge >= 0.3 is 12.0 Å². The fourth-order valence-electron chi connectivity index (χ4n) is 3.02. The standard InChI is InChI=1S/C22H24N2O5/c1-4-28-21(25)19-18(13-29-17-9-5-14(2)6-10-17)23-22(26)24-20(19)15-7-11-16(27-3)12-8-15/h5-12,20H,4,13H2,1-3H3,(H2,23,24,26). The summed E-state index contributed by atoms with van der Waals surface area (Å²) >= 11 is 0. The summed E-state index contributed by atoms with van der Waals surface area (Å²) in [6.07, 6.45) is 0. The van der Waals surface area contributed by atoms with Gasteiger partial charge in [-0.3, -0.25) is 0 Å². The number of ether oxygens (including phenoxy) is 3. The second kappa shape index (κ2) is 9.14. The molecule has 1 atom stereocenters. The highest BCUT2D eigenvalue weighted by molar-refractivity contribution is 5.95. The van der Waals surface area contributed by atoms with E-state index in [1.807, 2.05) is 31.2 Å². The second-order valence-electron chi connectivity index (χ2n) is 6.52. The van der Waals surface area contributed by atoms with Crippen LogP contribution in [0.1, 0.15) is 24.1 Å². The number of carbonyl (C=O) groups excluding carboxylic acids is 2. The minimum atomic E-state index is -0.662. The molecule has 0 aromatic heterocycles. The lowest BCUT2D eigenvalue weighted by molar-refractivity contribution is -0.139. The molecule has 2 amide bonds. The normalized spacial score (nSPS) is 16.0. The van der Waals surface area contributed by atoms with Gasteiger partial charge in [-0.05, 0) is 43.7 Å². The Morgan fingerprint density at radius 1 is 1.03 bits per heavy atom. The van der Waals surface area contributed by atoms with Crippen LogP contribution in [-0.4, -0.2) is 32.3 Å². The molecule has 7 nitrogen and oxygen atoms in total. The monoisotopic (exact) mass is 396 g/mol. The summed E-state index contributed by atoms with van der Waals surface area (Å²) in [5.74, 6) is 0.807. The molecule has 0 spiro atoms. The van der Waals surface area contributed by atoms with E-state index in [0.29, 0.717) is 22.8 Å². The first-order valence-electron chi connectivity index (χ1n) is 9.33. The smallest absolute Gasteiger partial charge is 0.338 e. The average molecular weight is 396 g/mol. The van der Waals surface area contributed by atoms with Crippen LogP contribution in [0.25, 0.3) is 0 Å². The number of hydrogen-bond acceptors (Lipinski definition) is 5. The van der Waals surface area contributed by atoms with Gasteiger partial charge in [0.1, 0.15) is 18.1 Å². The number of hydrogen-bond donors (Lipinski definition) is 2. The summed E-state index contributed by atoms with van der Waals surface area (Å²) in [7, 11) is 1.58. The molecular weight excluding hydrogens is 372 g/mol. The van der Waals surface area contributed by atoms with Crippen LogP contribution in [0.3, 0.4) is 0 Å². The third kappa shape index (κ3) is 4.87. The Hall–Kier alpha value is -3.48. The number of benzene rings is 2. The minimum Gasteiger partial charge on any atom is -0.497 e. The maximum Gasteiger partial charge on any atom is 0.338 e. The number of rotatable bonds is 7. The van der Waals surface area contributed by atoms with Crippen molar-refractivity contribution in [1.82, 2.24) is 10.6 Å². The fraction of sp³-hybridized carbons (Fsp3) is 0.273. The first-order valence-corrected chi connectivity index (χ1v) is 9.33. The van der Waals surface area contributed by atoms with Crippen molar-refractivity contribution in [3.63, 3.8) is 0 Å². The highest BCUT2D eigenvalue weighted by Gasteiger charge is 2.34. The molecule has 0 saturated heterocycles. The van der Waals surface area contributed by atoms with Crippen LogP contribution in [-0.2, 0) is 9.53 Å². The van der Waals surface area contributed by atoms with Crippen LogP contribution in [0.4, 0.5) is 4.79 Å². The summed E-state index contributed by atoms with van der Waals surface area (Å²) in [4.78, 5) is 25.0. The molecule has 3 rings (SSSR count). The van der Waals surface area contributed by atoms with E-state index in [0.717, 1.165) is 11.1 Å². The SMILES string of the molecule is CCOC(=O)C1=C(COc2ccc(C)cc2)NC(=O)NC1c1ccc(OC)cc1. The molecule has 2 N–H and O–H groups in total. The number of amides is 2. The topological polar surface area (TPSA) is 85.9 Å². The highest BCUT2D eigenvalue weighted by Crippen LogP contribution is 2.29. The average Bonchev–Trinajstić information content (AvgIpc) is 2.73. The van der Waals surface area contributed by atoms with E-state index < -0.39 is 18.0 Å². The van der Waals surface area contributed by atoms with Gasteiger partial charge in [0.2, 0.25) is 0 Å². The molecule has 0 bridgehead atoms. The van der Waals surface area contributed by atoms with Crippen LogP contribution in [0, 0.1) is 6.92 Å². The molecular formula is C22H24N2O5. The van der Waals surface area contributed by atoms with Crippen molar-refractivity contribution in [2.24, 2.45) is 0 Å². The van der Waals surface area contributed by atoms with Crippen molar-refractivity contribution in [3.8, 4) is 11.5 Å². The zero-order chi connectivity index (χ0) is 20.8. The molecule has 0 fully saturated rings. The van der Waals surface area contributed by atoms with Gasteiger partial charge in [-0.25, -0.2) is 9.59 Å². The Bertz CT molecular complexity index is 904. The molecule has 0 radical (unpaired) electrons. The largest absolute Gasteiger partial charge is 0.497 e. The van der Waals surface area contributed by atoms with Crippen molar-refractivity contribution in [2.45, 2.75) is 19.9 Å². The van der Waals surface area contributed by atoms with Gasteiger partial charge in [0, 0.05) is 0 Å². The predicted octanol–water partition coefficient (Wildman–Crippen LogP) is 3.25. The lowest BCUT2D eigenvalue weighted by Gasteiger charge is -2.29. The number of nitrogens with one attached hydrogen (secondary N) is 2. The van der Waals surface area contributed by atoms with Gasteiger partial charge in [0.05, 0.1) is 31.0 Å². The van der Waals surface area contributed by atoms with Gasteiger partial charge in [0.25, 0.3) is 0 Å². The summed E-state index contributed by atoms with van der Waals surface area (Å²) in [5.41, 5.74) is 2.52. The van der Waals surface area contributed by atoms with E-state index in [2.05, 4.69) is 10.6 Å². The van der Waals surface area contributed by atoms with Gasteiger partial charge in [-0.2, -0.15) is 0 Å². The van der Waals surface area contributed by atoms with Crippen molar-refractivity contribution in [3.05, 3.63) is 70.9 Å². The molecule has 1 heterocycles. The summed E-state index contributed by atoms with van der Waals surface area (Å²) in [6.45, 7) is 3.96. The Kier molecular flexibility index (Phi) is 6.39. The maximum atomic E-state index is 12.7. The van der Waals surface area contributed by atoms with E-state index in [4.69, 9.17) is 14.2 Å². The third-order valence-electron chi connectivity index (χ3n) is 4.50. The maximum absolute atomic E-state index is 12.7. The summed E-state index contributed by atoms with van der Waals surface area (Å²) in [5, 5.41) is 5.48. The van der Waals surface area contributed by atoms with Crippen molar-refractivity contribution in [1.29, 1.82) is 0 Å². The molecule has 2 aromatic carbocycles. The minimum absolute atomic E-state index is 0.0251. The van der Waals surface area contributed by atoms with E-state index in [1.54, 1.807) is 38.3 Å². The first-order chi connectivity index (χ1) is 14.0. The Labute approximate surface area is 169 Å². The predicted molar refractivity (Wildman–Crippen MR) is 108 cm³/mol. The van der Waals surface area contributed by atoms with Crippen LogP contribution in [0.15, 0.2) is 59.8 Å². The molecule has 1 unspecified atom stereocenters. The van der Waals surface area contributed by atoms with E-state index >= 15 is 0 Å². The molecule has 29 heavy (non-hydrogen) atoms. The zero-order valence-corrected chi connectivity index (χ0v) is 16.7. The molecule has 1 aliphatic heterocycles.